The highest BCUT2D eigenvalue weighted by molar-refractivity contribution is 5.85. The lowest BCUT2D eigenvalue weighted by atomic mass is 10.1. The van der Waals surface area contributed by atoms with E-state index in [-0.39, 0.29) is 24.4 Å². The molecule has 1 N–H and O–H groups in total. The van der Waals surface area contributed by atoms with Gasteiger partial charge in [-0.1, -0.05) is 12.1 Å². The van der Waals surface area contributed by atoms with Gasteiger partial charge in [0.05, 0.1) is 6.54 Å². The molecule has 1 aromatic carbocycles. The van der Waals surface area contributed by atoms with Crippen LogP contribution in [0.1, 0.15) is 36.8 Å². The van der Waals surface area contributed by atoms with Crippen molar-refractivity contribution in [1.82, 2.24) is 10.2 Å². The Hall–Kier alpha value is -1.26. The van der Waals surface area contributed by atoms with Gasteiger partial charge in [-0.2, -0.15) is 0 Å². The van der Waals surface area contributed by atoms with E-state index in [2.05, 4.69) is 37.4 Å². The summed E-state index contributed by atoms with van der Waals surface area (Å²) in [5.74, 6) is 2.04. The second kappa shape index (κ2) is 8.72. The van der Waals surface area contributed by atoms with E-state index >= 15 is 0 Å². The van der Waals surface area contributed by atoms with Gasteiger partial charge in [0.2, 0.25) is 5.91 Å². The SMILES string of the molecule is Cc1ccc(C)c(OC2CCN(C(=O)CNCC3CC3)CC2)c1.Cl. The lowest BCUT2D eigenvalue weighted by Crippen LogP contribution is -2.45. The van der Waals surface area contributed by atoms with Crippen LogP contribution in [-0.2, 0) is 4.79 Å². The lowest BCUT2D eigenvalue weighted by molar-refractivity contribution is -0.132. The van der Waals surface area contributed by atoms with E-state index in [1.54, 1.807) is 0 Å². The first-order valence-electron chi connectivity index (χ1n) is 8.84. The molecule has 0 unspecified atom stereocenters. The van der Waals surface area contributed by atoms with Gasteiger partial charge < -0.3 is 15.0 Å². The first-order valence-corrected chi connectivity index (χ1v) is 8.84. The normalized spacial score (nSPS) is 18.2. The highest BCUT2D eigenvalue weighted by atomic mass is 35.5. The molecule has 0 radical (unpaired) electrons. The Kier molecular flexibility index (Phi) is 6.93. The van der Waals surface area contributed by atoms with Gasteiger partial charge in [0.15, 0.2) is 0 Å². The van der Waals surface area contributed by atoms with E-state index in [9.17, 15) is 4.79 Å². The highest BCUT2D eigenvalue weighted by Crippen LogP contribution is 2.27. The molecule has 1 amide bonds. The van der Waals surface area contributed by atoms with Crippen molar-refractivity contribution >= 4 is 18.3 Å². The summed E-state index contributed by atoms with van der Waals surface area (Å²) in [6, 6.07) is 6.32. The fraction of sp³-hybridized carbons (Fsp3) is 0.632. The lowest BCUT2D eigenvalue weighted by Gasteiger charge is -2.32. The number of benzene rings is 1. The minimum absolute atomic E-state index is 0. The first-order chi connectivity index (χ1) is 11.1. The maximum atomic E-state index is 12.2. The molecule has 1 saturated carbocycles. The number of nitrogens with one attached hydrogen (secondary N) is 1. The molecule has 1 aromatic rings. The molecular weight excluding hydrogens is 324 g/mol. The second-order valence-electron chi connectivity index (χ2n) is 7.04. The van der Waals surface area contributed by atoms with Crippen molar-refractivity contribution in [3.8, 4) is 5.75 Å². The van der Waals surface area contributed by atoms with Crippen LogP contribution in [0.15, 0.2) is 18.2 Å². The molecule has 1 aliphatic carbocycles. The van der Waals surface area contributed by atoms with Gasteiger partial charge in [-0.3, -0.25) is 4.79 Å². The Morgan fingerprint density at radius 1 is 1.21 bits per heavy atom. The molecule has 3 rings (SSSR count). The molecule has 0 spiro atoms. The number of carbonyl (C=O) groups is 1. The van der Waals surface area contributed by atoms with Crippen molar-refractivity contribution in [1.29, 1.82) is 0 Å². The summed E-state index contributed by atoms with van der Waals surface area (Å²) < 4.78 is 6.16. The zero-order valence-corrected chi connectivity index (χ0v) is 15.5. The smallest absolute Gasteiger partial charge is 0.236 e. The molecule has 1 aliphatic heterocycles. The highest BCUT2D eigenvalue weighted by Gasteiger charge is 2.25. The van der Waals surface area contributed by atoms with Crippen LogP contribution < -0.4 is 10.1 Å². The van der Waals surface area contributed by atoms with E-state index in [0.29, 0.717) is 6.54 Å². The van der Waals surface area contributed by atoms with Crippen LogP contribution in [0.25, 0.3) is 0 Å². The third-order valence-corrected chi connectivity index (χ3v) is 4.84. The molecule has 134 valence electrons. The predicted octanol–water partition coefficient (Wildman–Crippen LogP) is 3.09. The zero-order chi connectivity index (χ0) is 16.2. The quantitative estimate of drug-likeness (QED) is 0.855. The topological polar surface area (TPSA) is 41.6 Å². The average molecular weight is 353 g/mol. The number of piperidine rings is 1. The predicted molar refractivity (Wildman–Crippen MR) is 99.0 cm³/mol. The molecule has 2 aliphatic rings. The number of halogens is 1. The largest absolute Gasteiger partial charge is 0.490 e. The molecular formula is C19H29ClN2O2. The van der Waals surface area contributed by atoms with Gasteiger partial charge in [-0.25, -0.2) is 0 Å². The summed E-state index contributed by atoms with van der Waals surface area (Å²) in [7, 11) is 0. The van der Waals surface area contributed by atoms with Crippen molar-refractivity contribution in [2.24, 2.45) is 5.92 Å². The van der Waals surface area contributed by atoms with E-state index in [1.807, 2.05) is 4.90 Å². The molecule has 0 aromatic heterocycles. The van der Waals surface area contributed by atoms with E-state index in [0.717, 1.165) is 44.1 Å². The monoisotopic (exact) mass is 352 g/mol. The first kappa shape index (κ1) is 19.1. The molecule has 24 heavy (non-hydrogen) atoms. The average Bonchev–Trinajstić information content (AvgIpc) is 3.36. The summed E-state index contributed by atoms with van der Waals surface area (Å²) in [6.07, 6.45) is 4.70. The number of hydrogen-bond acceptors (Lipinski definition) is 3. The number of ether oxygens (including phenoxy) is 1. The number of aryl methyl sites for hydroxylation is 2. The second-order valence-corrected chi connectivity index (χ2v) is 7.04. The number of rotatable bonds is 6. The summed E-state index contributed by atoms with van der Waals surface area (Å²) >= 11 is 0. The van der Waals surface area contributed by atoms with Gasteiger partial charge in [-0.15, -0.1) is 12.4 Å². The fourth-order valence-corrected chi connectivity index (χ4v) is 3.05. The van der Waals surface area contributed by atoms with Crippen LogP contribution >= 0.6 is 12.4 Å². The Morgan fingerprint density at radius 2 is 1.92 bits per heavy atom. The molecule has 0 atom stereocenters. The summed E-state index contributed by atoms with van der Waals surface area (Å²) in [5.41, 5.74) is 2.40. The molecule has 4 nitrogen and oxygen atoms in total. The number of carbonyl (C=O) groups excluding carboxylic acids is 1. The van der Waals surface area contributed by atoms with Gasteiger partial charge in [0.25, 0.3) is 0 Å². The van der Waals surface area contributed by atoms with E-state index in [1.165, 1.54) is 24.0 Å². The van der Waals surface area contributed by atoms with E-state index < -0.39 is 0 Å². The number of amides is 1. The van der Waals surface area contributed by atoms with Crippen LogP contribution in [0.5, 0.6) is 5.75 Å². The Morgan fingerprint density at radius 3 is 2.58 bits per heavy atom. The van der Waals surface area contributed by atoms with Crippen molar-refractivity contribution in [3.05, 3.63) is 29.3 Å². The molecule has 0 bridgehead atoms. The van der Waals surface area contributed by atoms with Gasteiger partial charge in [0.1, 0.15) is 11.9 Å². The molecule has 1 heterocycles. The van der Waals surface area contributed by atoms with Crippen LogP contribution in [0, 0.1) is 19.8 Å². The molecule has 1 saturated heterocycles. The molecule has 2 fully saturated rings. The Balaban J connectivity index is 0.00000208. The Labute approximate surface area is 151 Å². The maximum Gasteiger partial charge on any atom is 0.236 e. The number of likely N-dealkylation sites (tertiary alicyclic amines) is 1. The summed E-state index contributed by atoms with van der Waals surface area (Å²) in [5, 5.41) is 3.29. The van der Waals surface area contributed by atoms with Crippen molar-refractivity contribution in [2.45, 2.75) is 45.6 Å². The van der Waals surface area contributed by atoms with Crippen molar-refractivity contribution < 1.29 is 9.53 Å². The number of nitrogens with zero attached hydrogens (tertiary/aromatic N) is 1. The van der Waals surface area contributed by atoms with Gasteiger partial charge in [-0.05, 0) is 56.3 Å². The molecule has 5 heteroatoms. The third-order valence-electron chi connectivity index (χ3n) is 4.84. The van der Waals surface area contributed by atoms with E-state index in [4.69, 9.17) is 4.74 Å². The van der Waals surface area contributed by atoms with Crippen LogP contribution in [0.3, 0.4) is 0 Å². The zero-order valence-electron chi connectivity index (χ0n) is 14.7. The maximum absolute atomic E-state index is 12.2. The Bertz CT molecular complexity index is 552. The summed E-state index contributed by atoms with van der Waals surface area (Å²) in [4.78, 5) is 14.2. The number of hydrogen-bond donors (Lipinski definition) is 1. The fourth-order valence-electron chi connectivity index (χ4n) is 3.05. The minimum atomic E-state index is 0. The van der Waals surface area contributed by atoms with Crippen LogP contribution in [-0.4, -0.2) is 43.1 Å². The van der Waals surface area contributed by atoms with Gasteiger partial charge >= 0.3 is 0 Å². The van der Waals surface area contributed by atoms with Crippen LogP contribution in [0.4, 0.5) is 0 Å². The minimum Gasteiger partial charge on any atom is -0.490 e. The van der Waals surface area contributed by atoms with Crippen molar-refractivity contribution in [2.75, 3.05) is 26.2 Å². The van der Waals surface area contributed by atoms with Crippen LogP contribution in [0.2, 0.25) is 0 Å². The van der Waals surface area contributed by atoms with Crippen molar-refractivity contribution in [3.63, 3.8) is 0 Å². The van der Waals surface area contributed by atoms with Gasteiger partial charge in [0, 0.05) is 25.9 Å². The third kappa shape index (κ3) is 5.38. The summed E-state index contributed by atoms with van der Waals surface area (Å²) in [6.45, 7) is 7.26. The standard InChI is InChI=1S/C19H28N2O2.ClH/c1-14-3-4-15(2)18(11-14)23-17-7-9-21(10-8-17)19(22)13-20-12-16-5-6-16;/h3-4,11,16-17,20H,5-10,12-13H2,1-2H3;1H.